The number of halogens is 2. The van der Waals surface area contributed by atoms with Gasteiger partial charge in [0.2, 0.25) is 15.9 Å². The zero-order valence-corrected chi connectivity index (χ0v) is 15.7. The maximum atomic E-state index is 12.3. The number of nitrogens with zero attached hydrogens (tertiary/aromatic N) is 1. The Morgan fingerprint density at radius 2 is 2.00 bits per heavy atom. The van der Waals surface area contributed by atoms with Crippen molar-refractivity contribution < 1.29 is 13.2 Å². The Kier molecular flexibility index (Phi) is 6.88. The van der Waals surface area contributed by atoms with Crippen LogP contribution in [0.3, 0.4) is 0 Å². The highest BCUT2D eigenvalue weighted by molar-refractivity contribution is 7.89. The van der Waals surface area contributed by atoms with E-state index in [1.807, 2.05) is 11.9 Å². The molecule has 1 atom stereocenters. The molecule has 1 aliphatic rings. The molecule has 0 bridgehead atoms. The molecular formula is C15H21Cl2N3O3S. The van der Waals surface area contributed by atoms with Crippen LogP contribution in [0.4, 0.5) is 0 Å². The van der Waals surface area contributed by atoms with Crippen molar-refractivity contribution >= 4 is 39.1 Å². The van der Waals surface area contributed by atoms with Crippen molar-refractivity contribution in [3.8, 4) is 0 Å². The molecule has 9 heteroatoms. The van der Waals surface area contributed by atoms with Crippen LogP contribution in [0.15, 0.2) is 23.1 Å². The van der Waals surface area contributed by atoms with Crippen LogP contribution in [0.5, 0.6) is 0 Å². The van der Waals surface area contributed by atoms with E-state index in [2.05, 4.69) is 10.0 Å². The molecule has 0 aromatic heterocycles. The molecule has 134 valence electrons. The van der Waals surface area contributed by atoms with E-state index in [-0.39, 0.29) is 39.9 Å². The van der Waals surface area contributed by atoms with Gasteiger partial charge in [-0.05, 0) is 32.0 Å². The van der Waals surface area contributed by atoms with Crippen molar-refractivity contribution in [1.29, 1.82) is 0 Å². The fraction of sp³-hybridized carbons (Fsp3) is 0.533. The van der Waals surface area contributed by atoms with Crippen LogP contribution in [0.1, 0.15) is 19.3 Å². The molecule has 0 saturated carbocycles. The van der Waals surface area contributed by atoms with E-state index >= 15 is 0 Å². The van der Waals surface area contributed by atoms with Crippen LogP contribution >= 0.6 is 23.2 Å². The number of nitrogens with one attached hydrogen (secondary N) is 2. The number of benzene rings is 1. The molecule has 0 aliphatic carbocycles. The molecule has 1 heterocycles. The number of sulfonamides is 1. The lowest BCUT2D eigenvalue weighted by Crippen LogP contribution is -2.42. The third-order valence-electron chi connectivity index (χ3n) is 3.96. The van der Waals surface area contributed by atoms with Crippen LogP contribution in [0.25, 0.3) is 0 Å². The summed E-state index contributed by atoms with van der Waals surface area (Å²) >= 11 is 11.9. The monoisotopic (exact) mass is 393 g/mol. The van der Waals surface area contributed by atoms with Crippen molar-refractivity contribution in [2.75, 3.05) is 26.7 Å². The summed E-state index contributed by atoms with van der Waals surface area (Å²) in [4.78, 5) is 14.0. The van der Waals surface area contributed by atoms with Gasteiger partial charge in [0.1, 0.15) is 4.90 Å². The van der Waals surface area contributed by atoms with Gasteiger partial charge in [0.25, 0.3) is 0 Å². The molecule has 0 radical (unpaired) electrons. The lowest BCUT2D eigenvalue weighted by atomic mass is 10.2. The molecule has 1 aliphatic heterocycles. The van der Waals surface area contributed by atoms with Crippen molar-refractivity contribution in [2.24, 2.45) is 0 Å². The maximum Gasteiger partial charge on any atom is 0.243 e. The zero-order chi connectivity index (χ0) is 17.7. The van der Waals surface area contributed by atoms with Crippen LogP contribution in [0.2, 0.25) is 10.0 Å². The number of amides is 1. The number of rotatable bonds is 7. The SMILES string of the molecule is CNCC1CCCN1C(=O)CCNS(=O)(=O)c1c(Cl)cccc1Cl. The van der Waals surface area contributed by atoms with Gasteiger partial charge in [-0.25, -0.2) is 13.1 Å². The van der Waals surface area contributed by atoms with E-state index in [4.69, 9.17) is 23.2 Å². The highest BCUT2D eigenvalue weighted by Gasteiger charge is 2.28. The average Bonchev–Trinajstić information content (AvgIpc) is 2.95. The fourth-order valence-electron chi connectivity index (χ4n) is 2.86. The Morgan fingerprint density at radius 1 is 1.33 bits per heavy atom. The Labute approximate surface area is 152 Å². The first-order chi connectivity index (χ1) is 11.4. The molecule has 1 saturated heterocycles. The Hall–Kier alpha value is -0.860. The van der Waals surface area contributed by atoms with E-state index in [0.29, 0.717) is 6.54 Å². The number of likely N-dealkylation sites (tertiary alicyclic amines) is 1. The number of hydrogen-bond donors (Lipinski definition) is 2. The van der Waals surface area contributed by atoms with Crippen molar-refractivity contribution in [3.63, 3.8) is 0 Å². The molecule has 24 heavy (non-hydrogen) atoms. The molecule has 1 fully saturated rings. The molecule has 1 amide bonds. The maximum absolute atomic E-state index is 12.3. The van der Waals surface area contributed by atoms with E-state index in [0.717, 1.165) is 19.4 Å². The molecule has 1 aromatic rings. The number of likely N-dealkylation sites (N-methyl/N-ethyl adjacent to an activating group) is 1. The minimum absolute atomic E-state index is 0.00545. The largest absolute Gasteiger partial charge is 0.338 e. The van der Waals surface area contributed by atoms with Gasteiger partial charge in [-0.2, -0.15) is 0 Å². The van der Waals surface area contributed by atoms with E-state index in [1.54, 1.807) is 6.07 Å². The van der Waals surface area contributed by atoms with Gasteiger partial charge in [-0.15, -0.1) is 0 Å². The normalized spacial score (nSPS) is 18.1. The average molecular weight is 394 g/mol. The quantitative estimate of drug-likeness (QED) is 0.740. The Balaban J connectivity index is 1.95. The molecule has 1 unspecified atom stereocenters. The second-order valence-corrected chi connectivity index (χ2v) is 8.16. The molecular weight excluding hydrogens is 373 g/mol. The van der Waals surface area contributed by atoms with Gasteiger partial charge in [0, 0.05) is 32.1 Å². The zero-order valence-electron chi connectivity index (χ0n) is 13.4. The highest BCUT2D eigenvalue weighted by Crippen LogP contribution is 2.28. The molecule has 1 aromatic carbocycles. The summed E-state index contributed by atoms with van der Waals surface area (Å²) in [5, 5.41) is 3.18. The summed E-state index contributed by atoms with van der Waals surface area (Å²) in [5.74, 6) is -0.0549. The third kappa shape index (κ3) is 4.61. The minimum atomic E-state index is -3.86. The first kappa shape index (κ1) is 19.5. The summed E-state index contributed by atoms with van der Waals surface area (Å²) in [6.07, 6.45) is 2.04. The van der Waals surface area contributed by atoms with Gasteiger partial charge in [0.15, 0.2) is 0 Å². The standard InChI is InChI=1S/C15H21Cl2N3O3S/c1-18-10-11-4-3-9-20(11)14(21)7-8-19-24(22,23)15-12(16)5-2-6-13(15)17/h2,5-6,11,18-19H,3-4,7-10H2,1H3. The first-order valence-corrected chi connectivity index (χ1v) is 9.98. The van der Waals surface area contributed by atoms with Gasteiger partial charge >= 0.3 is 0 Å². The Bertz CT molecular complexity index is 677. The van der Waals surface area contributed by atoms with Crippen LogP contribution in [-0.2, 0) is 14.8 Å². The third-order valence-corrected chi connectivity index (χ3v) is 6.37. The second-order valence-electron chi connectivity index (χ2n) is 5.64. The summed E-state index contributed by atoms with van der Waals surface area (Å²) in [6, 6.07) is 4.67. The van der Waals surface area contributed by atoms with E-state index < -0.39 is 10.0 Å². The van der Waals surface area contributed by atoms with Crippen molar-refractivity contribution in [2.45, 2.75) is 30.2 Å². The highest BCUT2D eigenvalue weighted by atomic mass is 35.5. The second kappa shape index (κ2) is 8.49. The van der Waals surface area contributed by atoms with Crippen LogP contribution in [0, 0.1) is 0 Å². The first-order valence-electron chi connectivity index (χ1n) is 7.74. The van der Waals surface area contributed by atoms with Gasteiger partial charge in [-0.1, -0.05) is 29.3 Å². The lowest BCUT2D eigenvalue weighted by Gasteiger charge is -2.24. The van der Waals surface area contributed by atoms with Crippen molar-refractivity contribution in [3.05, 3.63) is 28.2 Å². The molecule has 2 rings (SSSR count). The number of carbonyl (C=O) groups is 1. The minimum Gasteiger partial charge on any atom is -0.338 e. The van der Waals surface area contributed by atoms with Gasteiger partial charge in [0.05, 0.1) is 10.0 Å². The number of carbonyl (C=O) groups excluding carboxylic acids is 1. The summed E-state index contributed by atoms with van der Waals surface area (Å²) in [5.41, 5.74) is 0. The summed E-state index contributed by atoms with van der Waals surface area (Å²) in [7, 11) is -2.01. The molecule has 6 nitrogen and oxygen atoms in total. The Morgan fingerprint density at radius 3 is 2.62 bits per heavy atom. The summed E-state index contributed by atoms with van der Waals surface area (Å²) in [6.45, 7) is 1.46. The van der Waals surface area contributed by atoms with Crippen molar-refractivity contribution in [1.82, 2.24) is 14.9 Å². The van der Waals surface area contributed by atoms with Gasteiger partial charge < -0.3 is 10.2 Å². The summed E-state index contributed by atoms with van der Waals surface area (Å²) < 4.78 is 27.1. The molecule has 2 N–H and O–H groups in total. The fourth-order valence-corrected chi connectivity index (χ4v) is 5.03. The van der Waals surface area contributed by atoms with Crippen LogP contribution < -0.4 is 10.0 Å². The molecule has 0 spiro atoms. The van der Waals surface area contributed by atoms with E-state index in [9.17, 15) is 13.2 Å². The topological polar surface area (TPSA) is 78.5 Å². The number of hydrogen-bond acceptors (Lipinski definition) is 4. The van der Waals surface area contributed by atoms with Crippen LogP contribution in [-0.4, -0.2) is 51.9 Å². The van der Waals surface area contributed by atoms with Gasteiger partial charge in [-0.3, -0.25) is 4.79 Å². The predicted molar refractivity (Wildman–Crippen MR) is 94.9 cm³/mol. The lowest BCUT2D eigenvalue weighted by molar-refractivity contribution is -0.131. The van der Waals surface area contributed by atoms with E-state index in [1.165, 1.54) is 12.1 Å². The smallest absolute Gasteiger partial charge is 0.243 e. The predicted octanol–water partition coefficient (Wildman–Crippen LogP) is 1.87.